The van der Waals surface area contributed by atoms with Gasteiger partial charge in [-0.05, 0) is 37.5 Å². The fraction of sp³-hybridized carbons (Fsp3) is 0.462. The predicted molar refractivity (Wildman–Crippen MR) is 73.3 cm³/mol. The highest BCUT2D eigenvalue weighted by Crippen LogP contribution is 2.17. The number of hydrogen-bond acceptors (Lipinski definition) is 3. The molecule has 7 heteroatoms. The van der Waals surface area contributed by atoms with E-state index in [2.05, 4.69) is 4.72 Å². The lowest BCUT2D eigenvalue weighted by Crippen LogP contribution is -2.29. The van der Waals surface area contributed by atoms with Gasteiger partial charge < -0.3 is 5.11 Å². The van der Waals surface area contributed by atoms with Crippen LogP contribution in [0.25, 0.3) is 0 Å². The van der Waals surface area contributed by atoms with Gasteiger partial charge in [0.1, 0.15) is 5.82 Å². The van der Waals surface area contributed by atoms with Crippen LogP contribution in [0.5, 0.6) is 0 Å². The molecular formula is C13H18FNO4S. The Balaban J connectivity index is 2.66. The number of aliphatic carboxylic acids is 1. The molecule has 0 saturated heterocycles. The number of rotatable bonds is 7. The summed E-state index contributed by atoms with van der Waals surface area (Å²) in [5, 5.41) is 8.47. The van der Waals surface area contributed by atoms with E-state index >= 15 is 0 Å². The average Bonchev–Trinajstić information content (AvgIpc) is 2.31. The normalized spacial score (nSPS) is 13.2. The van der Waals surface area contributed by atoms with E-state index in [9.17, 15) is 17.6 Å². The molecule has 1 atom stereocenters. The number of nitrogens with one attached hydrogen (secondary N) is 1. The van der Waals surface area contributed by atoms with Gasteiger partial charge in [0.05, 0.1) is 5.75 Å². The summed E-state index contributed by atoms with van der Waals surface area (Å²) >= 11 is 0. The molecule has 0 aliphatic heterocycles. The molecule has 1 aromatic rings. The Morgan fingerprint density at radius 2 is 2.10 bits per heavy atom. The van der Waals surface area contributed by atoms with Crippen molar-refractivity contribution in [2.75, 3.05) is 5.75 Å². The number of carboxylic acids is 1. The Morgan fingerprint density at radius 1 is 1.45 bits per heavy atom. The number of carboxylic acid groups (broad SMARTS) is 1. The van der Waals surface area contributed by atoms with E-state index in [1.807, 2.05) is 0 Å². The maximum absolute atomic E-state index is 13.4. The summed E-state index contributed by atoms with van der Waals surface area (Å²) in [5.74, 6) is -1.69. The monoisotopic (exact) mass is 303 g/mol. The molecule has 112 valence electrons. The molecule has 1 unspecified atom stereocenters. The number of aryl methyl sites for hydroxylation is 1. The van der Waals surface area contributed by atoms with Crippen LogP contribution in [-0.2, 0) is 14.8 Å². The smallest absolute Gasteiger partial charge is 0.303 e. The van der Waals surface area contributed by atoms with Crippen molar-refractivity contribution in [1.82, 2.24) is 4.72 Å². The fourth-order valence-electron chi connectivity index (χ4n) is 1.69. The van der Waals surface area contributed by atoms with Gasteiger partial charge in [-0.15, -0.1) is 0 Å². The van der Waals surface area contributed by atoms with Crippen LogP contribution in [-0.4, -0.2) is 25.2 Å². The Kier molecular flexibility index (Phi) is 5.64. The number of sulfonamides is 1. The minimum Gasteiger partial charge on any atom is -0.481 e. The molecule has 1 rings (SSSR count). The van der Waals surface area contributed by atoms with Crippen molar-refractivity contribution in [2.45, 2.75) is 32.7 Å². The summed E-state index contributed by atoms with van der Waals surface area (Å²) in [4.78, 5) is 10.3. The molecule has 0 amide bonds. The lowest BCUT2D eigenvalue weighted by Gasteiger charge is -2.15. The van der Waals surface area contributed by atoms with Crippen molar-refractivity contribution in [1.29, 1.82) is 0 Å². The summed E-state index contributed by atoms with van der Waals surface area (Å²) in [6.45, 7) is 3.23. The van der Waals surface area contributed by atoms with Crippen LogP contribution >= 0.6 is 0 Å². The Labute approximate surface area is 117 Å². The largest absolute Gasteiger partial charge is 0.481 e. The first kappa shape index (κ1) is 16.6. The number of carbonyl (C=O) groups is 1. The van der Waals surface area contributed by atoms with Gasteiger partial charge in [0.25, 0.3) is 0 Å². The summed E-state index contributed by atoms with van der Waals surface area (Å²) in [5.41, 5.74) is 1.01. The van der Waals surface area contributed by atoms with Gasteiger partial charge in [0.15, 0.2) is 0 Å². The molecule has 0 bridgehead atoms. The Bertz CT molecular complexity index is 586. The minimum atomic E-state index is -3.58. The molecule has 20 heavy (non-hydrogen) atoms. The summed E-state index contributed by atoms with van der Waals surface area (Å²) in [6, 6.07) is 3.96. The standard InChI is InChI=1S/C13H18FNO4S/c1-9-5-6-11(8-12(9)14)10(2)15-20(18,19)7-3-4-13(16)17/h5-6,8,10,15H,3-4,7H2,1-2H3,(H,16,17). The van der Waals surface area contributed by atoms with Gasteiger partial charge in [-0.3, -0.25) is 4.79 Å². The Hall–Kier alpha value is -1.47. The molecule has 0 aliphatic rings. The van der Waals surface area contributed by atoms with Crippen molar-refractivity contribution in [3.05, 3.63) is 35.1 Å². The van der Waals surface area contributed by atoms with Crippen molar-refractivity contribution >= 4 is 16.0 Å². The number of benzene rings is 1. The SMILES string of the molecule is Cc1ccc(C(C)NS(=O)(=O)CCCC(=O)O)cc1F. The van der Waals surface area contributed by atoms with Crippen LogP contribution in [0.3, 0.4) is 0 Å². The van der Waals surface area contributed by atoms with Gasteiger partial charge in [-0.1, -0.05) is 12.1 Å². The topological polar surface area (TPSA) is 83.5 Å². The molecule has 0 fully saturated rings. The first-order valence-electron chi connectivity index (χ1n) is 6.19. The lowest BCUT2D eigenvalue weighted by molar-refractivity contribution is -0.137. The highest BCUT2D eigenvalue weighted by atomic mass is 32.2. The van der Waals surface area contributed by atoms with Crippen LogP contribution in [0.15, 0.2) is 18.2 Å². The third-order valence-corrected chi connectivity index (χ3v) is 4.39. The molecule has 0 spiro atoms. The Morgan fingerprint density at radius 3 is 2.65 bits per heavy atom. The second kappa shape index (κ2) is 6.81. The molecular weight excluding hydrogens is 285 g/mol. The zero-order valence-electron chi connectivity index (χ0n) is 11.4. The quantitative estimate of drug-likeness (QED) is 0.807. The van der Waals surface area contributed by atoms with E-state index in [0.717, 1.165) is 0 Å². The fourth-order valence-corrected chi connectivity index (χ4v) is 3.01. The van der Waals surface area contributed by atoms with Crippen LogP contribution in [0, 0.1) is 12.7 Å². The van der Waals surface area contributed by atoms with Crippen LogP contribution in [0.2, 0.25) is 0 Å². The molecule has 2 N–H and O–H groups in total. The van der Waals surface area contributed by atoms with E-state index < -0.39 is 22.0 Å². The van der Waals surface area contributed by atoms with Gasteiger partial charge in [0.2, 0.25) is 10.0 Å². The maximum atomic E-state index is 13.4. The first-order valence-corrected chi connectivity index (χ1v) is 7.84. The van der Waals surface area contributed by atoms with Gasteiger partial charge >= 0.3 is 5.97 Å². The third-order valence-electron chi connectivity index (χ3n) is 2.86. The highest BCUT2D eigenvalue weighted by Gasteiger charge is 2.16. The number of halogens is 1. The first-order chi connectivity index (χ1) is 9.21. The highest BCUT2D eigenvalue weighted by molar-refractivity contribution is 7.89. The maximum Gasteiger partial charge on any atom is 0.303 e. The van der Waals surface area contributed by atoms with Gasteiger partial charge in [0, 0.05) is 12.5 Å². The van der Waals surface area contributed by atoms with Crippen molar-refractivity contribution in [2.24, 2.45) is 0 Å². The van der Waals surface area contributed by atoms with E-state index in [4.69, 9.17) is 5.11 Å². The predicted octanol–water partition coefficient (Wildman–Crippen LogP) is 1.98. The summed E-state index contributed by atoms with van der Waals surface area (Å²) in [7, 11) is -3.58. The molecule has 0 aliphatic carbocycles. The molecule has 0 aromatic heterocycles. The van der Waals surface area contributed by atoms with Crippen LogP contribution in [0.4, 0.5) is 4.39 Å². The van der Waals surface area contributed by atoms with Crippen LogP contribution in [0.1, 0.15) is 36.9 Å². The van der Waals surface area contributed by atoms with Crippen molar-refractivity contribution in [3.8, 4) is 0 Å². The second-order valence-electron chi connectivity index (χ2n) is 4.66. The van der Waals surface area contributed by atoms with E-state index in [0.29, 0.717) is 11.1 Å². The van der Waals surface area contributed by atoms with E-state index in [1.165, 1.54) is 6.07 Å². The van der Waals surface area contributed by atoms with Gasteiger partial charge in [-0.25, -0.2) is 17.5 Å². The molecule has 1 aromatic carbocycles. The molecule has 0 radical (unpaired) electrons. The van der Waals surface area contributed by atoms with Crippen molar-refractivity contribution < 1.29 is 22.7 Å². The zero-order valence-corrected chi connectivity index (χ0v) is 12.2. The van der Waals surface area contributed by atoms with E-state index in [1.54, 1.807) is 26.0 Å². The summed E-state index contributed by atoms with van der Waals surface area (Å²) in [6.07, 6.45) is -0.159. The van der Waals surface area contributed by atoms with Gasteiger partial charge in [-0.2, -0.15) is 0 Å². The lowest BCUT2D eigenvalue weighted by atomic mass is 10.1. The second-order valence-corrected chi connectivity index (χ2v) is 6.54. The third kappa shape index (κ3) is 5.26. The van der Waals surface area contributed by atoms with Crippen molar-refractivity contribution in [3.63, 3.8) is 0 Å². The minimum absolute atomic E-state index is 0.0413. The zero-order chi connectivity index (χ0) is 15.3. The average molecular weight is 303 g/mol. The number of hydrogen-bond donors (Lipinski definition) is 2. The molecule has 0 heterocycles. The molecule has 5 nitrogen and oxygen atoms in total. The summed E-state index contributed by atoms with van der Waals surface area (Å²) < 4.78 is 39.3. The van der Waals surface area contributed by atoms with Crippen LogP contribution < -0.4 is 4.72 Å². The van der Waals surface area contributed by atoms with E-state index in [-0.39, 0.29) is 24.4 Å². The molecule has 0 saturated carbocycles.